The lowest BCUT2D eigenvalue weighted by Gasteiger charge is -2.30. The summed E-state index contributed by atoms with van der Waals surface area (Å²) in [5.41, 5.74) is 6.32. The van der Waals surface area contributed by atoms with E-state index >= 15 is 0 Å². The summed E-state index contributed by atoms with van der Waals surface area (Å²) < 4.78 is 5.26. The van der Waals surface area contributed by atoms with Crippen LogP contribution in [0.2, 0.25) is 0 Å². The largest absolute Gasteiger partial charge is 0.481 e. The Kier molecular flexibility index (Phi) is 18.4. The third-order valence-corrected chi connectivity index (χ3v) is 7.57. The molecular formula is C32H55NO6. The second kappa shape index (κ2) is 19.6. The molecule has 0 aliphatic rings. The summed E-state index contributed by atoms with van der Waals surface area (Å²) in [5, 5.41) is 30.9. The van der Waals surface area contributed by atoms with E-state index in [2.05, 4.69) is 31.7 Å². The number of primary amides is 1. The number of carboxylic acids is 1. The second-order valence-corrected chi connectivity index (χ2v) is 11.6. The summed E-state index contributed by atoms with van der Waals surface area (Å²) >= 11 is 0. The van der Waals surface area contributed by atoms with E-state index in [0.29, 0.717) is 25.2 Å². The monoisotopic (exact) mass is 549 g/mol. The van der Waals surface area contributed by atoms with Gasteiger partial charge in [-0.15, -0.1) is 0 Å². The molecule has 0 rings (SSSR count). The number of allylic oxidation sites excluding steroid dienone is 4. The van der Waals surface area contributed by atoms with Crippen LogP contribution in [0, 0.1) is 35.5 Å². The van der Waals surface area contributed by atoms with Crippen LogP contribution in [0.3, 0.4) is 0 Å². The van der Waals surface area contributed by atoms with Crippen molar-refractivity contribution in [3.05, 3.63) is 48.6 Å². The van der Waals surface area contributed by atoms with E-state index < -0.39 is 30.4 Å². The van der Waals surface area contributed by atoms with Gasteiger partial charge in [-0.1, -0.05) is 96.6 Å². The van der Waals surface area contributed by atoms with Gasteiger partial charge in [0.2, 0.25) is 0 Å². The number of ether oxygens (including phenoxy) is 1. The number of carbonyl (C=O) groups is 2. The van der Waals surface area contributed by atoms with Crippen LogP contribution in [0.25, 0.3) is 0 Å². The van der Waals surface area contributed by atoms with E-state index in [1.54, 1.807) is 19.1 Å². The van der Waals surface area contributed by atoms with Crippen LogP contribution in [0.15, 0.2) is 48.6 Å². The van der Waals surface area contributed by atoms with Crippen molar-refractivity contribution in [3.8, 4) is 0 Å². The highest BCUT2D eigenvalue weighted by Crippen LogP contribution is 2.27. The van der Waals surface area contributed by atoms with Crippen molar-refractivity contribution in [1.29, 1.82) is 0 Å². The summed E-state index contributed by atoms with van der Waals surface area (Å²) in [6.07, 6.45) is 13.5. The zero-order valence-corrected chi connectivity index (χ0v) is 25.3. The molecule has 39 heavy (non-hydrogen) atoms. The van der Waals surface area contributed by atoms with Gasteiger partial charge in [-0.25, -0.2) is 4.79 Å². The Hall–Kier alpha value is -2.38. The van der Waals surface area contributed by atoms with Gasteiger partial charge in [0.15, 0.2) is 0 Å². The molecule has 224 valence electrons. The molecule has 0 saturated heterocycles. The standard InChI is InChI=1S/C32H55NO6/c1-9-10-12-17-28(39-32(33)38)27(8)30(35)25(6)20-22(3)19-24(5)29(34)23(4)16-14-11-13-15-21(2)18-26(7)31(36)37/h9-10,12,14,16,19,21,23-30,34-35H,1,11,13,15,17-18,20H2,2-8H3,(H2,33,38)(H,36,37)/b12-10-,16-14-,22-19-/t21?,23?,24?,25?,26-,27?,28?,29?,30?/m1/s1. The van der Waals surface area contributed by atoms with Crippen molar-refractivity contribution in [2.45, 2.75) is 105 Å². The topological polar surface area (TPSA) is 130 Å². The first-order valence-corrected chi connectivity index (χ1v) is 14.4. The predicted molar refractivity (Wildman–Crippen MR) is 159 cm³/mol. The number of nitrogens with two attached hydrogens (primary N) is 1. The van der Waals surface area contributed by atoms with Crippen LogP contribution in [-0.4, -0.2) is 45.7 Å². The average molecular weight is 550 g/mol. The number of amides is 1. The number of carboxylic acid groups (broad SMARTS) is 1. The van der Waals surface area contributed by atoms with E-state index in [1.165, 1.54) is 0 Å². The predicted octanol–water partition coefficient (Wildman–Crippen LogP) is 6.66. The molecule has 7 nitrogen and oxygen atoms in total. The van der Waals surface area contributed by atoms with Crippen LogP contribution in [0.5, 0.6) is 0 Å². The number of rotatable bonds is 20. The quantitative estimate of drug-likeness (QED) is 0.0763. The molecule has 0 bridgehead atoms. The molecule has 8 unspecified atom stereocenters. The molecule has 7 heteroatoms. The molecule has 0 radical (unpaired) electrons. The number of carbonyl (C=O) groups excluding carboxylic acids is 1. The van der Waals surface area contributed by atoms with Gasteiger partial charge in [-0.05, 0) is 44.4 Å². The second-order valence-electron chi connectivity index (χ2n) is 11.6. The van der Waals surface area contributed by atoms with E-state index in [1.807, 2.05) is 40.7 Å². The summed E-state index contributed by atoms with van der Waals surface area (Å²) in [5.74, 6) is -1.13. The number of unbranched alkanes of at least 4 members (excludes halogenated alkanes) is 1. The van der Waals surface area contributed by atoms with Crippen LogP contribution >= 0.6 is 0 Å². The first-order valence-electron chi connectivity index (χ1n) is 14.4. The van der Waals surface area contributed by atoms with Crippen LogP contribution in [0.1, 0.15) is 87.0 Å². The maximum atomic E-state index is 11.4. The zero-order valence-electron chi connectivity index (χ0n) is 25.3. The Bertz CT molecular complexity index is 819. The zero-order chi connectivity index (χ0) is 30.1. The van der Waals surface area contributed by atoms with Crippen LogP contribution in [0.4, 0.5) is 4.79 Å². The van der Waals surface area contributed by atoms with E-state index in [0.717, 1.165) is 24.8 Å². The molecule has 0 aliphatic heterocycles. The Morgan fingerprint density at radius 1 is 1.00 bits per heavy atom. The fourth-order valence-corrected chi connectivity index (χ4v) is 5.12. The van der Waals surface area contributed by atoms with Crippen molar-refractivity contribution in [3.63, 3.8) is 0 Å². The molecule has 0 spiro atoms. The Morgan fingerprint density at radius 3 is 2.21 bits per heavy atom. The fraction of sp³-hybridized carbons (Fsp3) is 0.688. The first kappa shape index (κ1) is 36.6. The Labute approximate surface area is 236 Å². The highest BCUT2D eigenvalue weighted by molar-refractivity contribution is 5.69. The van der Waals surface area contributed by atoms with Gasteiger partial charge >= 0.3 is 12.1 Å². The maximum Gasteiger partial charge on any atom is 0.404 e. The molecule has 0 saturated carbocycles. The SMILES string of the molecule is C=C/C=C\CC(OC(N)=O)C(C)C(O)C(C)C/C(C)=C\C(C)C(O)C(C)/C=C\CCCC(C)C[C@@H](C)C(=O)O. The Balaban J connectivity index is 4.83. The maximum absolute atomic E-state index is 11.4. The lowest BCUT2D eigenvalue weighted by atomic mass is 9.83. The number of hydrogen-bond donors (Lipinski definition) is 4. The van der Waals surface area contributed by atoms with Crippen molar-refractivity contribution in [2.75, 3.05) is 0 Å². The molecule has 0 aliphatic carbocycles. The first-order chi connectivity index (χ1) is 18.2. The van der Waals surface area contributed by atoms with Crippen molar-refractivity contribution >= 4 is 12.1 Å². The van der Waals surface area contributed by atoms with Gasteiger partial charge in [-0.3, -0.25) is 4.79 Å². The van der Waals surface area contributed by atoms with Crippen molar-refractivity contribution in [1.82, 2.24) is 0 Å². The molecule has 0 heterocycles. The molecule has 0 aromatic carbocycles. The number of aliphatic hydroxyl groups excluding tert-OH is 2. The van der Waals surface area contributed by atoms with E-state index in [9.17, 15) is 19.8 Å². The molecule has 0 fully saturated rings. The normalized spacial score (nSPS) is 19.6. The minimum Gasteiger partial charge on any atom is -0.481 e. The number of hydrogen-bond acceptors (Lipinski definition) is 5. The lowest BCUT2D eigenvalue weighted by Crippen LogP contribution is -2.37. The van der Waals surface area contributed by atoms with Crippen molar-refractivity contribution in [2.24, 2.45) is 41.2 Å². The minimum atomic E-state index is -0.860. The molecular weight excluding hydrogens is 494 g/mol. The number of aliphatic carboxylic acids is 1. The minimum absolute atomic E-state index is 0.00753. The van der Waals surface area contributed by atoms with Gasteiger partial charge in [0.05, 0.1) is 18.1 Å². The molecule has 1 amide bonds. The summed E-state index contributed by atoms with van der Waals surface area (Å²) in [6.45, 7) is 17.3. The van der Waals surface area contributed by atoms with Crippen molar-refractivity contribution < 1.29 is 29.6 Å². The third kappa shape index (κ3) is 15.7. The van der Waals surface area contributed by atoms with Gasteiger partial charge in [0, 0.05) is 24.2 Å². The lowest BCUT2D eigenvalue weighted by molar-refractivity contribution is -0.141. The highest BCUT2D eigenvalue weighted by atomic mass is 16.6. The van der Waals surface area contributed by atoms with Gasteiger partial charge < -0.3 is 25.8 Å². The summed E-state index contributed by atoms with van der Waals surface area (Å²) in [4.78, 5) is 22.4. The average Bonchev–Trinajstić information content (AvgIpc) is 2.85. The number of aliphatic hydroxyl groups is 2. The fourth-order valence-electron chi connectivity index (χ4n) is 5.12. The molecule has 0 aromatic rings. The summed E-state index contributed by atoms with van der Waals surface area (Å²) in [6, 6.07) is 0. The van der Waals surface area contributed by atoms with Crippen LogP contribution < -0.4 is 5.73 Å². The third-order valence-electron chi connectivity index (χ3n) is 7.57. The molecule has 5 N–H and O–H groups in total. The highest BCUT2D eigenvalue weighted by Gasteiger charge is 2.30. The van der Waals surface area contributed by atoms with E-state index in [-0.39, 0.29) is 29.6 Å². The molecule has 0 aromatic heterocycles. The van der Waals surface area contributed by atoms with Crippen LogP contribution in [-0.2, 0) is 9.53 Å². The van der Waals surface area contributed by atoms with Gasteiger partial charge in [-0.2, -0.15) is 0 Å². The Morgan fingerprint density at radius 2 is 1.64 bits per heavy atom. The van der Waals surface area contributed by atoms with Gasteiger partial charge in [0.1, 0.15) is 6.10 Å². The smallest absolute Gasteiger partial charge is 0.404 e. The van der Waals surface area contributed by atoms with Gasteiger partial charge in [0.25, 0.3) is 0 Å². The molecule has 9 atom stereocenters. The summed E-state index contributed by atoms with van der Waals surface area (Å²) in [7, 11) is 0. The van der Waals surface area contributed by atoms with E-state index in [4.69, 9.17) is 15.6 Å².